The summed E-state index contributed by atoms with van der Waals surface area (Å²) in [7, 11) is 0. The first-order valence-electron chi connectivity index (χ1n) is 12.0. The number of amides is 2. The molecule has 2 amide bonds. The van der Waals surface area contributed by atoms with Crippen molar-refractivity contribution in [3.8, 4) is 5.75 Å². The number of thioether (sulfide) groups is 1. The van der Waals surface area contributed by atoms with Crippen LogP contribution in [0.25, 0.3) is 6.08 Å². The summed E-state index contributed by atoms with van der Waals surface area (Å²) in [6.45, 7) is 4.55. The minimum Gasteiger partial charge on any atom is -0.494 e. The Balaban J connectivity index is 1.47. The van der Waals surface area contributed by atoms with Crippen LogP contribution >= 0.6 is 11.8 Å². The van der Waals surface area contributed by atoms with Crippen molar-refractivity contribution in [3.05, 3.63) is 94.6 Å². The number of anilines is 1. The van der Waals surface area contributed by atoms with Crippen LogP contribution in [0, 0.1) is 5.82 Å². The van der Waals surface area contributed by atoms with Crippen molar-refractivity contribution in [1.82, 2.24) is 5.32 Å². The Kier molecular flexibility index (Phi) is 8.44. The number of rotatable bonds is 9. The molecule has 0 spiro atoms. The normalized spacial score (nSPS) is 14.9. The average molecular weight is 505 g/mol. The summed E-state index contributed by atoms with van der Waals surface area (Å²) in [5.41, 5.74) is 1.93. The summed E-state index contributed by atoms with van der Waals surface area (Å²) in [5.74, 6) is -0.227. The highest BCUT2D eigenvalue weighted by Crippen LogP contribution is 2.42. The minimum atomic E-state index is -0.405. The van der Waals surface area contributed by atoms with E-state index in [9.17, 15) is 14.0 Å². The van der Waals surface area contributed by atoms with Gasteiger partial charge in [0.1, 0.15) is 18.1 Å². The van der Waals surface area contributed by atoms with Crippen LogP contribution in [0.2, 0.25) is 0 Å². The molecule has 4 rings (SSSR count). The Morgan fingerprint density at radius 1 is 1.08 bits per heavy atom. The van der Waals surface area contributed by atoms with Crippen molar-refractivity contribution in [3.63, 3.8) is 0 Å². The zero-order valence-corrected chi connectivity index (χ0v) is 21.2. The molecule has 7 heteroatoms. The van der Waals surface area contributed by atoms with Gasteiger partial charge in [-0.15, -0.1) is 0 Å². The molecule has 3 aromatic carbocycles. The Morgan fingerprint density at radius 2 is 1.81 bits per heavy atom. The van der Waals surface area contributed by atoms with E-state index >= 15 is 0 Å². The molecule has 0 aromatic heterocycles. The van der Waals surface area contributed by atoms with Crippen molar-refractivity contribution >= 4 is 35.3 Å². The second-order valence-corrected chi connectivity index (χ2v) is 9.64. The maximum atomic E-state index is 14.2. The van der Waals surface area contributed by atoms with Crippen molar-refractivity contribution < 1.29 is 18.7 Å². The first kappa shape index (κ1) is 25.5. The van der Waals surface area contributed by atoms with E-state index in [-0.39, 0.29) is 24.4 Å². The van der Waals surface area contributed by atoms with E-state index in [0.717, 1.165) is 29.1 Å². The third-order valence-corrected chi connectivity index (χ3v) is 6.93. The largest absolute Gasteiger partial charge is 0.494 e. The van der Waals surface area contributed by atoms with E-state index in [1.165, 1.54) is 28.8 Å². The number of hydrogen-bond acceptors (Lipinski definition) is 4. The summed E-state index contributed by atoms with van der Waals surface area (Å²) in [6.07, 6.45) is 3.61. The third-order valence-electron chi connectivity index (χ3n) is 5.85. The number of ether oxygens (including phenoxy) is 1. The SMILES string of the molecule is CCCCOc1ccc([C@@H](C)NC(=O)CN2C(=O)/C(=C/c3ccccc3F)Sc3ccccc32)cc1. The maximum Gasteiger partial charge on any atom is 0.265 e. The summed E-state index contributed by atoms with van der Waals surface area (Å²) in [4.78, 5) is 29.0. The number of carbonyl (C=O) groups excluding carboxylic acids is 2. The smallest absolute Gasteiger partial charge is 0.265 e. The lowest BCUT2D eigenvalue weighted by Crippen LogP contribution is -2.43. The summed E-state index contributed by atoms with van der Waals surface area (Å²) < 4.78 is 19.9. The highest BCUT2D eigenvalue weighted by Gasteiger charge is 2.31. The highest BCUT2D eigenvalue weighted by atomic mass is 32.2. The molecular weight excluding hydrogens is 475 g/mol. The van der Waals surface area contributed by atoms with Crippen LogP contribution in [-0.2, 0) is 9.59 Å². The molecule has 0 saturated carbocycles. The lowest BCUT2D eigenvalue weighted by atomic mass is 10.1. The van der Waals surface area contributed by atoms with Crippen LogP contribution < -0.4 is 15.0 Å². The molecule has 0 saturated heterocycles. The maximum absolute atomic E-state index is 14.2. The zero-order valence-electron chi connectivity index (χ0n) is 20.4. The van der Waals surface area contributed by atoms with Gasteiger partial charge in [0.15, 0.2) is 0 Å². The fraction of sp³-hybridized carbons (Fsp3) is 0.241. The van der Waals surface area contributed by atoms with Gasteiger partial charge in [-0.05, 0) is 55.3 Å². The van der Waals surface area contributed by atoms with E-state index < -0.39 is 5.82 Å². The predicted molar refractivity (Wildman–Crippen MR) is 142 cm³/mol. The number of unbranched alkanes of at least 4 members (excludes halogenated alkanes) is 1. The summed E-state index contributed by atoms with van der Waals surface area (Å²) in [6, 6.07) is 21.1. The fourth-order valence-electron chi connectivity index (χ4n) is 3.85. The van der Waals surface area contributed by atoms with Crippen LogP contribution in [0.4, 0.5) is 10.1 Å². The van der Waals surface area contributed by atoms with Gasteiger partial charge in [-0.25, -0.2) is 4.39 Å². The average Bonchev–Trinajstić information content (AvgIpc) is 2.88. The molecule has 0 radical (unpaired) electrons. The monoisotopic (exact) mass is 504 g/mol. The van der Waals surface area contributed by atoms with Gasteiger partial charge in [-0.1, -0.05) is 67.6 Å². The number of hydrogen-bond donors (Lipinski definition) is 1. The van der Waals surface area contributed by atoms with E-state index in [2.05, 4.69) is 12.2 Å². The van der Waals surface area contributed by atoms with Crippen LogP contribution in [0.15, 0.2) is 82.6 Å². The van der Waals surface area contributed by atoms with Crippen LogP contribution in [0.5, 0.6) is 5.75 Å². The van der Waals surface area contributed by atoms with Gasteiger partial charge >= 0.3 is 0 Å². The lowest BCUT2D eigenvalue weighted by Gasteiger charge is -2.30. The van der Waals surface area contributed by atoms with Gasteiger partial charge in [0.05, 0.1) is 23.2 Å². The van der Waals surface area contributed by atoms with E-state index in [1.807, 2.05) is 55.5 Å². The number of nitrogens with one attached hydrogen (secondary N) is 1. The Hall–Kier alpha value is -3.58. The van der Waals surface area contributed by atoms with Gasteiger partial charge in [-0.3, -0.25) is 14.5 Å². The quantitative estimate of drug-likeness (QED) is 0.272. The molecule has 36 heavy (non-hydrogen) atoms. The van der Waals surface area contributed by atoms with Crippen molar-refractivity contribution in [1.29, 1.82) is 0 Å². The van der Waals surface area contributed by atoms with Gasteiger partial charge in [-0.2, -0.15) is 0 Å². The Bertz CT molecular complexity index is 1260. The van der Waals surface area contributed by atoms with Crippen LogP contribution in [0.1, 0.15) is 43.9 Å². The number of carbonyl (C=O) groups is 2. The predicted octanol–water partition coefficient (Wildman–Crippen LogP) is 6.36. The standard InChI is InChI=1S/C29H29FN2O3S/c1-3-4-17-35-23-15-13-21(14-16-23)20(2)31-28(33)19-32-25-11-7-8-12-26(25)36-27(29(32)34)18-22-9-5-6-10-24(22)30/h5-16,18,20H,3-4,17,19H2,1-2H3,(H,31,33)/b27-18-/t20-/m1/s1. The number of fused-ring (bicyclic) bond motifs is 1. The molecular formula is C29H29FN2O3S. The second kappa shape index (κ2) is 11.9. The molecule has 5 nitrogen and oxygen atoms in total. The Labute approximate surface area is 215 Å². The molecule has 0 aliphatic carbocycles. The first-order chi connectivity index (χ1) is 17.5. The fourth-order valence-corrected chi connectivity index (χ4v) is 4.90. The van der Waals surface area contributed by atoms with Crippen LogP contribution in [-0.4, -0.2) is 25.0 Å². The summed E-state index contributed by atoms with van der Waals surface area (Å²) >= 11 is 1.28. The van der Waals surface area contributed by atoms with Crippen molar-refractivity contribution in [2.75, 3.05) is 18.1 Å². The van der Waals surface area contributed by atoms with Gasteiger partial charge in [0.25, 0.3) is 5.91 Å². The molecule has 1 atom stereocenters. The lowest BCUT2D eigenvalue weighted by molar-refractivity contribution is -0.122. The third kappa shape index (κ3) is 6.15. The molecule has 1 aliphatic rings. The minimum absolute atomic E-state index is 0.145. The molecule has 1 aliphatic heterocycles. The molecule has 0 fully saturated rings. The first-order valence-corrected chi connectivity index (χ1v) is 12.8. The van der Waals surface area contributed by atoms with Crippen molar-refractivity contribution in [2.45, 2.75) is 37.6 Å². The Morgan fingerprint density at radius 3 is 2.56 bits per heavy atom. The number of nitrogens with zero attached hydrogens (tertiary/aromatic N) is 1. The van der Waals surface area contributed by atoms with Gasteiger partial charge < -0.3 is 10.1 Å². The molecule has 186 valence electrons. The topological polar surface area (TPSA) is 58.6 Å². The van der Waals surface area contributed by atoms with Gasteiger partial charge in [0, 0.05) is 10.5 Å². The zero-order chi connectivity index (χ0) is 25.5. The van der Waals surface area contributed by atoms with Crippen molar-refractivity contribution in [2.24, 2.45) is 0 Å². The summed E-state index contributed by atoms with van der Waals surface area (Å²) in [5, 5.41) is 2.98. The molecule has 1 N–H and O–H groups in total. The molecule has 0 unspecified atom stereocenters. The van der Waals surface area contributed by atoms with E-state index in [4.69, 9.17) is 4.74 Å². The number of para-hydroxylation sites is 1. The number of benzene rings is 3. The highest BCUT2D eigenvalue weighted by molar-refractivity contribution is 8.04. The molecule has 1 heterocycles. The molecule has 3 aromatic rings. The van der Waals surface area contributed by atoms with Gasteiger partial charge in [0.2, 0.25) is 5.91 Å². The second-order valence-electron chi connectivity index (χ2n) is 8.55. The van der Waals surface area contributed by atoms with E-state index in [1.54, 1.807) is 18.2 Å². The molecule has 0 bridgehead atoms. The van der Waals surface area contributed by atoms with E-state index in [0.29, 0.717) is 22.8 Å². The number of halogens is 1. The van der Waals surface area contributed by atoms with Crippen LogP contribution in [0.3, 0.4) is 0 Å².